The van der Waals surface area contributed by atoms with Crippen LogP contribution in [-0.4, -0.2) is 76.3 Å². The van der Waals surface area contributed by atoms with E-state index in [0.717, 1.165) is 5.56 Å². The van der Waals surface area contributed by atoms with Gasteiger partial charge in [0.1, 0.15) is 24.7 Å². The molecule has 1 fully saturated rings. The molecule has 0 aromatic heterocycles. The van der Waals surface area contributed by atoms with Gasteiger partial charge < -0.3 is 25.8 Å². The maximum absolute atomic E-state index is 13.1. The SMILES string of the molecule is CCC(NC(=O)[C@@H]1CCCN1C(=O)OCc1ccccc1)C(=O)C(=O)N[C@H](CC(C)C)C(=O)N[C@H](C(=O)O)C(C)C. The van der Waals surface area contributed by atoms with Crippen LogP contribution in [0.2, 0.25) is 0 Å². The molecule has 0 saturated carbocycles. The number of benzene rings is 1. The van der Waals surface area contributed by atoms with Gasteiger partial charge in [0.15, 0.2) is 0 Å². The summed E-state index contributed by atoms with van der Waals surface area (Å²) in [5, 5.41) is 16.8. The molecule has 0 spiro atoms. The van der Waals surface area contributed by atoms with Crippen molar-refractivity contribution in [2.24, 2.45) is 11.8 Å². The number of likely N-dealkylation sites (tertiary alicyclic amines) is 1. The summed E-state index contributed by atoms with van der Waals surface area (Å²) in [6.07, 6.45) is 0.565. The zero-order valence-corrected chi connectivity index (χ0v) is 24.3. The third-order valence-corrected chi connectivity index (χ3v) is 6.82. The van der Waals surface area contributed by atoms with Crippen LogP contribution < -0.4 is 16.0 Å². The molecule has 4 atom stereocenters. The molecule has 1 heterocycles. The molecule has 1 aliphatic rings. The van der Waals surface area contributed by atoms with E-state index in [9.17, 15) is 33.9 Å². The first-order valence-corrected chi connectivity index (χ1v) is 14.0. The van der Waals surface area contributed by atoms with E-state index < -0.39 is 65.7 Å². The minimum absolute atomic E-state index is 0.0518. The second-order valence-corrected chi connectivity index (χ2v) is 10.9. The van der Waals surface area contributed by atoms with Gasteiger partial charge in [0.2, 0.25) is 17.6 Å². The van der Waals surface area contributed by atoms with Gasteiger partial charge in [-0.2, -0.15) is 0 Å². The van der Waals surface area contributed by atoms with Crippen LogP contribution in [0.4, 0.5) is 4.79 Å². The van der Waals surface area contributed by atoms with E-state index in [1.165, 1.54) is 4.90 Å². The molecule has 2 rings (SSSR count). The highest BCUT2D eigenvalue weighted by Gasteiger charge is 2.38. The smallest absolute Gasteiger partial charge is 0.410 e. The fourth-order valence-corrected chi connectivity index (χ4v) is 4.54. The van der Waals surface area contributed by atoms with Crippen LogP contribution in [0.3, 0.4) is 0 Å². The number of nitrogens with zero attached hydrogens (tertiary/aromatic N) is 1. The van der Waals surface area contributed by atoms with Crippen LogP contribution in [0.15, 0.2) is 30.3 Å². The number of carboxylic acids is 1. The van der Waals surface area contributed by atoms with E-state index in [1.807, 2.05) is 44.2 Å². The molecule has 4 N–H and O–H groups in total. The van der Waals surface area contributed by atoms with Crippen molar-refractivity contribution in [2.75, 3.05) is 6.54 Å². The van der Waals surface area contributed by atoms with Crippen LogP contribution in [0, 0.1) is 11.8 Å². The lowest BCUT2D eigenvalue weighted by Gasteiger charge is -2.26. The number of aliphatic carboxylic acids is 1. The standard InChI is InChI=1S/C29H42N4O8/c1-6-20(24(34)27(37)31-21(15-17(2)3)25(35)32-23(18(4)5)28(38)39)30-26(36)22-13-10-14-33(22)29(40)41-16-19-11-8-7-9-12-19/h7-9,11-12,17-18,20-23H,6,10,13-16H2,1-5H3,(H,30,36)(H,31,37)(H,32,35)(H,38,39)/t20?,21-,22+,23+/m1/s1. The largest absolute Gasteiger partial charge is 0.480 e. The number of amides is 4. The van der Waals surface area contributed by atoms with Crippen molar-refractivity contribution in [2.45, 2.75) is 91.1 Å². The number of carboxylic acid groups (broad SMARTS) is 1. The van der Waals surface area contributed by atoms with Gasteiger partial charge in [-0.25, -0.2) is 9.59 Å². The third-order valence-electron chi connectivity index (χ3n) is 6.82. The van der Waals surface area contributed by atoms with Gasteiger partial charge in [-0.3, -0.25) is 24.1 Å². The Hall–Kier alpha value is -3.96. The highest BCUT2D eigenvalue weighted by atomic mass is 16.6. The molecule has 12 nitrogen and oxygen atoms in total. The molecule has 1 aliphatic heterocycles. The van der Waals surface area contributed by atoms with Gasteiger partial charge in [-0.15, -0.1) is 0 Å². The minimum atomic E-state index is -1.21. The van der Waals surface area contributed by atoms with Crippen molar-refractivity contribution in [3.8, 4) is 0 Å². The average Bonchev–Trinajstić information content (AvgIpc) is 3.42. The van der Waals surface area contributed by atoms with Crippen LogP contribution in [0.25, 0.3) is 0 Å². The van der Waals surface area contributed by atoms with E-state index in [0.29, 0.717) is 19.4 Å². The summed E-state index contributed by atoms with van der Waals surface area (Å²) in [4.78, 5) is 77.4. The van der Waals surface area contributed by atoms with Gasteiger partial charge in [0.05, 0.1) is 6.04 Å². The van der Waals surface area contributed by atoms with E-state index >= 15 is 0 Å². The second kappa shape index (κ2) is 15.7. The van der Waals surface area contributed by atoms with Crippen molar-refractivity contribution in [3.63, 3.8) is 0 Å². The molecule has 41 heavy (non-hydrogen) atoms. The number of carbonyl (C=O) groups excluding carboxylic acids is 5. The average molecular weight is 575 g/mol. The lowest BCUT2D eigenvalue weighted by molar-refractivity contribution is -0.144. The van der Waals surface area contributed by atoms with Gasteiger partial charge in [0.25, 0.3) is 5.91 Å². The molecule has 1 unspecified atom stereocenters. The monoisotopic (exact) mass is 574 g/mol. The number of nitrogens with one attached hydrogen (secondary N) is 3. The normalized spacial score (nSPS) is 17.0. The molecule has 0 radical (unpaired) electrons. The number of rotatable bonds is 14. The first kappa shape index (κ1) is 33.2. The molecular formula is C29H42N4O8. The maximum Gasteiger partial charge on any atom is 0.410 e. The van der Waals surface area contributed by atoms with Crippen LogP contribution in [-0.2, 0) is 35.3 Å². The zero-order chi connectivity index (χ0) is 30.7. The lowest BCUT2D eigenvalue weighted by atomic mass is 10.00. The maximum atomic E-state index is 13.1. The van der Waals surface area contributed by atoms with Gasteiger partial charge in [0, 0.05) is 6.54 Å². The molecule has 0 aliphatic carbocycles. The molecular weight excluding hydrogens is 532 g/mol. The molecule has 1 aromatic carbocycles. The Morgan fingerprint density at radius 1 is 0.976 bits per heavy atom. The molecule has 1 aromatic rings. The molecule has 4 amide bonds. The number of ether oxygens (including phenoxy) is 1. The summed E-state index contributed by atoms with van der Waals surface area (Å²) in [5.41, 5.74) is 0.802. The number of hydrogen-bond donors (Lipinski definition) is 4. The Balaban J connectivity index is 2.03. The Morgan fingerprint density at radius 2 is 1.63 bits per heavy atom. The Bertz CT molecular complexity index is 1090. The summed E-state index contributed by atoms with van der Waals surface area (Å²) in [6.45, 7) is 8.91. The van der Waals surface area contributed by atoms with Crippen molar-refractivity contribution >= 4 is 35.6 Å². The predicted octanol–water partition coefficient (Wildman–Crippen LogP) is 2.01. The van der Waals surface area contributed by atoms with E-state index in [-0.39, 0.29) is 25.4 Å². The first-order valence-electron chi connectivity index (χ1n) is 14.0. The Morgan fingerprint density at radius 3 is 2.20 bits per heavy atom. The number of hydrogen-bond acceptors (Lipinski definition) is 7. The quantitative estimate of drug-likeness (QED) is 0.244. The summed E-state index contributed by atoms with van der Waals surface area (Å²) in [5.74, 6) is -4.98. The van der Waals surface area contributed by atoms with Crippen molar-refractivity contribution in [1.82, 2.24) is 20.9 Å². The number of ketones is 1. The van der Waals surface area contributed by atoms with Crippen LogP contribution >= 0.6 is 0 Å². The molecule has 226 valence electrons. The zero-order valence-electron chi connectivity index (χ0n) is 24.3. The summed E-state index contributed by atoms with van der Waals surface area (Å²) >= 11 is 0. The lowest BCUT2D eigenvalue weighted by Crippen LogP contribution is -2.57. The first-order chi connectivity index (χ1) is 19.3. The fraction of sp³-hybridized carbons (Fsp3) is 0.586. The minimum Gasteiger partial charge on any atom is -0.480 e. The van der Waals surface area contributed by atoms with Gasteiger partial charge in [-0.1, -0.05) is 65.0 Å². The fourth-order valence-electron chi connectivity index (χ4n) is 4.54. The number of Topliss-reactive ketones (excluding diaryl/α,β-unsaturated/α-hetero) is 1. The highest BCUT2D eigenvalue weighted by Crippen LogP contribution is 2.19. The van der Waals surface area contributed by atoms with Crippen molar-refractivity contribution in [1.29, 1.82) is 0 Å². The summed E-state index contributed by atoms with van der Waals surface area (Å²) < 4.78 is 5.37. The molecule has 12 heteroatoms. The number of carbonyl (C=O) groups is 6. The van der Waals surface area contributed by atoms with Gasteiger partial charge >= 0.3 is 12.1 Å². The topological polar surface area (TPSA) is 171 Å². The second-order valence-electron chi connectivity index (χ2n) is 10.9. The molecule has 1 saturated heterocycles. The van der Waals surface area contributed by atoms with E-state index in [1.54, 1.807) is 20.8 Å². The van der Waals surface area contributed by atoms with Crippen LogP contribution in [0.1, 0.15) is 65.9 Å². The van der Waals surface area contributed by atoms with E-state index in [2.05, 4.69) is 16.0 Å². The summed E-state index contributed by atoms with van der Waals surface area (Å²) in [6, 6.07) is 4.76. The Labute approximate surface area is 240 Å². The van der Waals surface area contributed by atoms with E-state index in [4.69, 9.17) is 4.74 Å². The van der Waals surface area contributed by atoms with Crippen molar-refractivity contribution < 1.29 is 38.6 Å². The summed E-state index contributed by atoms with van der Waals surface area (Å²) in [7, 11) is 0. The van der Waals surface area contributed by atoms with Gasteiger partial charge in [-0.05, 0) is 43.1 Å². The Kier molecular flexibility index (Phi) is 12.8. The van der Waals surface area contributed by atoms with Crippen LogP contribution in [0.5, 0.6) is 0 Å². The van der Waals surface area contributed by atoms with Crippen molar-refractivity contribution in [3.05, 3.63) is 35.9 Å². The molecule has 0 bridgehead atoms. The third kappa shape index (κ3) is 9.87. The highest BCUT2D eigenvalue weighted by molar-refractivity contribution is 6.38. The predicted molar refractivity (Wildman–Crippen MR) is 149 cm³/mol.